The minimum absolute atomic E-state index is 0.0279. The molecule has 2 nitrogen and oxygen atoms in total. The quantitative estimate of drug-likeness (QED) is 0.389. The molecule has 0 aliphatic heterocycles. The van der Waals surface area contributed by atoms with Crippen LogP contribution in [0, 0.1) is 6.92 Å². The van der Waals surface area contributed by atoms with E-state index in [4.69, 9.17) is 4.74 Å². The van der Waals surface area contributed by atoms with E-state index < -0.39 is 0 Å². The van der Waals surface area contributed by atoms with Gasteiger partial charge in [0.1, 0.15) is 5.75 Å². The Balaban J connectivity index is 2.89. The van der Waals surface area contributed by atoms with Crippen molar-refractivity contribution in [2.24, 2.45) is 0 Å². The lowest BCUT2D eigenvalue weighted by Gasteiger charge is -2.12. The fourth-order valence-electron chi connectivity index (χ4n) is 1.36. The van der Waals surface area contributed by atoms with Crippen molar-refractivity contribution >= 4 is 34.3 Å². The van der Waals surface area contributed by atoms with Gasteiger partial charge in [-0.05, 0) is 32.4 Å². The van der Waals surface area contributed by atoms with E-state index in [2.05, 4.69) is 28.6 Å². The highest BCUT2D eigenvalue weighted by atomic mass is 79.9. The molecule has 0 spiro atoms. The molecule has 1 aromatic carbocycles. The number of rotatable bonds is 5. The number of hydrogen-bond acceptors (Lipinski definition) is 3. The largest absolute Gasteiger partial charge is 0.493 e. The fourth-order valence-corrected chi connectivity index (χ4v) is 1.93. The number of carbonyl (C=O) groups excluding carboxylic acids is 1. The molecule has 0 bridgehead atoms. The number of benzene rings is 1. The van der Waals surface area contributed by atoms with Gasteiger partial charge in [-0.25, -0.2) is 0 Å². The summed E-state index contributed by atoms with van der Waals surface area (Å²) in [5, 5.41) is 0.922. The second kappa shape index (κ2) is 6.30. The van der Waals surface area contributed by atoms with Crippen LogP contribution in [0.1, 0.15) is 29.3 Å². The highest BCUT2D eigenvalue weighted by Gasteiger charge is 2.10. The van der Waals surface area contributed by atoms with Crippen LogP contribution >= 0.6 is 28.6 Å². The summed E-state index contributed by atoms with van der Waals surface area (Å²) in [5.74, 6) is 0.830. The Morgan fingerprint density at radius 1 is 1.50 bits per heavy atom. The van der Waals surface area contributed by atoms with E-state index in [1.807, 2.05) is 13.0 Å². The first-order chi connectivity index (χ1) is 7.57. The normalized spacial score (nSPS) is 10.2. The van der Waals surface area contributed by atoms with Gasteiger partial charge in [-0.15, -0.1) is 12.6 Å². The van der Waals surface area contributed by atoms with Crippen molar-refractivity contribution in [2.75, 3.05) is 11.9 Å². The Morgan fingerprint density at radius 2 is 2.19 bits per heavy atom. The average Bonchev–Trinajstić information content (AvgIpc) is 2.24. The number of thiol groups is 1. The predicted molar refractivity (Wildman–Crippen MR) is 72.3 cm³/mol. The van der Waals surface area contributed by atoms with Gasteiger partial charge in [-0.2, -0.15) is 0 Å². The average molecular weight is 303 g/mol. The van der Waals surface area contributed by atoms with Crippen LogP contribution in [0.25, 0.3) is 0 Å². The number of Topliss-reactive ketones (excluding diaryl/α,β-unsaturated/α-hetero) is 1. The van der Waals surface area contributed by atoms with Crippen LogP contribution < -0.4 is 4.74 Å². The molecule has 0 N–H and O–H groups in total. The second-order valence-corrected chi connectivity index (χ2v) is 4.77. The summed E-state index contributed by atoms with van der Waals surface area (Å²) in [6.45, 7) is 4.12. The van der Waals surface area contributed by atoms with Crippen LogP contribution in [-0.2, 0) is 0 Å². The zero-order valence-electron chi connectivity index (χ0n) is 9.42. The Bertz CT molecular complexity index is 391. The summed E-state index contributed by atoms with van der Waals surface area (Å²) in [4.78, 5) is 12.0. The lowest BCUT2D eigenvalue weighted by molar-refractivity contribution is 0.101. The van der Waals surface area contributed by atoms with Gasteiger partial charge < -0.3 is 4.74 Å². The molecule has 0 amide bonds. The maximum atomic E-state index is 11.3. The van der Waals surface area contributed by atoms with Crippen molar-refractivity contribution in [1.82, 2.24) is 0 Å². The van der Waals surface area contributed by atoms with Crippen molar-refractivity contribution in [2.45, 2.75) is 25.2 Å². The smallest absolute Gasteiger partial charge is 0.160 e. The van der Waals surface area contributed by atoms with Crippen molar-refractivity contribution in [3.8, 4) is 5.75 Å². The van der Waals surface area contributed by atoms with Crippen molar-refractivity contribution in [3.05, 3.63) is 23.3 Å². The van der Waals surface area contributed by atoms with Crippen LogP contribution in [0.2, 0.25) is 0 Å². The van der Waals surface area contributed by atoms with E-state index in [-0.39, 0.29) is 5.78 Å². The monoisotopic (exact) mass is 302 g/mol. The van der Waals surface area contributed by atoms with Gasteiger partial charge in [0.05, 0.1) is 6.61 Å². The number of alkyl halides is 1. The van der Waals surface area contributed by atoms with Gasteiger partial charge in [-0.3, -0.25) is 4.79 Å². The lowest BCUT2D eigenvalue weighted by Crippen LogP contribution is -2.02. The maximum absolute atomic E-state index is 11.3. The standard InChI is InChI=1S/C12H15BrO2S/c1-8-11(15-7-3-6-13)5-4-10(9(2)14)12(8)16/h4-5,16H,3,6-7H2,1-2H3. The molecule has 0 radical (unpaired) electrons. The number of hydrogen-bond donors (Lipinski definition) is 1. The number of halogens is 1. The third-order valence-corrected chi connectivity index (χ3v) is 3.43. The Labute approximate surface area is 110 Å². The minimum atomic E-state index is 0.0279. The van der Waals surface area contributed by atoms with Gasteiger partial charge >= 0.3 is 0 Å². The van der Waals surface area contributed by atoms with E-state index in [1.165, 1.54) is 0 Å². The van der Waals surface area contributed by atoms with Crippen LogP contribution in [0.15, 0.2) is 17.0 Å². The van der Waals surface area contributed by atoms with Gasteiger partial charge in [0.25, 0.3) is 0 Å². The van der Waals surface area contributed by atoms with E-state index in [9.17, 15) is 4.79 Å². The summed E-state index contributed by atoms with van der Waals surface area (Å²) in [6, 6.07) is 3.60. The fraction of sp³-hybridized carbons (Fsp3) is 0.417. The molecule has 0 saturated carbocycles. The molecule has 0 fully saturated rings. The van der Waals surface area contributed by atoms with E-state index in [0.29, 0.717) is 17.1 Å². The molecule has 16 heavy (non-hydrogen) atoms. The van der Waals surface area contributed by atoms with Crippen molar-refractivity contribution in [1.29, 1.82) is 0 Å². The van der Waals surface area contributed by atoms with Crippen LogP contribution in [0.5, 0.6) is 5.75 Å². The van der Waals surface area contributed by atoms with Crippen molar-refractivity contribution < 1.29 is 9.53 Å². The third kappa shape index (κ3) is 3.25. The predicted octanol–water partition coefficient (Wildman–Crippen LogP) is 3.65. The Hall–Kier alpha value is -0.480. The zero-order valence-corrected chi connectivity index (χ0v) is 11.9. The summed E-state index contributed by atoms with van der Waals surface area (Å²) in [7, 11) is 0. The first kappa shape index (κ1) is 13.6. The summed E-state index contributed by atoms with van der Waals surface area (Å²) < 4.78 is 5.60. The molecule has 1 aromatic rings. The second-order valence-electron chi connectivity index (χ2n) is 3.53. The Morgan fingerprint density at radius 3 is 2.75 bits per heavy atom. The molecule has 0 aliphatic carbocycles. The molecule has 0 aromatic heterocycles. The maximum Gasteiger partial charge on any atom is 0.160 e. The van der Waals surface area contributed by atoms with Gasteiger partial charge in [-0.1, -0.05) is 15.9 Å². The first-order valence-electron chi connectivity index (χ1n) is 5.10. The molecule has 1 rings (SSSR count). The molecule has 0 unspecified atom stereocenters. The minimum Gasteiger partial charge on any atom is -0.493 e. The topological polar surface area (TPSA) is 26.3 Å². The molecule has 4 heteroatoms. The van der Waals surface area contributed by atoms with Gasteiger partial charge in [0.2, 0.25) is 0 Å². The highest BCUT2D eigenvalue weighted by Crippen LogP contribution is 2.28. The van der Waals surface area contributed by atoms with E-state index >= 15 is 0 Å². The van der Waals surface area contributed by atoms with Crippen molar-refractivity contribution in [3.63, 3.8) is 0 Å². The number of ether oxygens (including phenoxy) is 1. The van der Waals surface area contributed by atoms with Gasteiger partial charge in [0.15, 0.2) is 5.78 Å². The number of carbonyl (C=O) groups is 1. The van der Waals surface area contributed by atoms with Crippen LogP contribution in [0.3, 0.4) is 0 Å². The highest BCUT2D eigenvalue weighted by molar-refractivity contribution is 9.09. The summed E-state index contributed by atoms with van der Waals surface area (Å²) in [5.41, 5.74) is 1.57. The van der Waals surface area contributed by atoms with Crippen LogP contribution in [0.4, 0.5) is 0 Å². The molecule has 0 heterocycles. The molecular formula is C12H15BrO2S. The molecular weight excluding hydrogens is 288 g/mol. The van der Waals surface area contributed by atoms with E-state index in [1.54, 1.807) is 13.0 Å². The van der Waals surface area contributed by atoms with Crippen LogP contribution in [-0.4, -0.2) is 17.7 Å². The van der Waals surface area contributed by atoms with Gasteiger partial charge in [0, 0.05) is 21.4 Å². The first-order valence-corrected chi connectivity index (χ1v) is 6.67. The molecule has 0 atom stereocenters. The summed E-state index contributed by atoms with van der Waals surface area (Å²) in [6.07, 6.45) is 0.954. The third-order valence-electron chi connectivity index (χ3n) is 2.30. The number of ketones is 1. The molecule has 0 saturated heterocycles. The lowest BCUT2D eigenvalue weighted by atomic mass is 10.1. The SMILES string of the molecule is CC(=O)c1ccc(OCCCBr)c(C)c1S. The van der Waals surface area contributed by atoms with E-state index in [0.717, 1.165) is 23.1 Å². The molecule has 88 valence electrons. The zero-order chi connectivity index (χ0) is 12.1. The summed E-state index contributed by atoms with van der Waals surface area (Å²) >= 11 is 7.70. The Kier molecular flexibility index (Phi) is 5.35. The molecule has 0 aliphatic rings.